The van der Waals surface area contributed by atoms with Crippen LogP contribution in [0, 0.1) is 18.6 Å². The highest BCUT2D eigenvalue weighted by Gasteiger charge is 2.07. The van der Waals surface area contributed by atoms with Gasteiger partial charge in [0.15, 0.2) is 11.6 Å². The fraction of sp³-hybridized carbons (Fsp3) is 0.235. The van der Waals surface area contributed by atoms with Crippen molar-refractivity contribution < 1.29 is 18.3 Å². The van der Waals surface area contributed by atoms with Crippen LogP contribution in [0.4, 0.5) is 14.5 Å². The Balaban J connectivity index is 1.92. The maximum atomic E-state index is 13.5. The highest BCUT2D eigenvalue weighted by Crippen LogP contribution is 2.19. The smallest absolute Gasteiger partial charge is 0.224 e. The summed E-state index contributed by atoms with van der Waals surface area (Å²) in [5.74, 6) is -0.904. The number of aryl methyl sites for hydroxylation is 2. The van der Waals surface area contributed by atoms with Crippen molar-refractivity contribution in [3.05, 3.63) is 59.2 Å². The van der Waals surface area contributed by atoms with Crippen LogP contribution in [0.15, 0.2) is 36.4 Å². The van der Waals surface area contributed by atoms with Crippen molar-refractivity contribution in [1.82, 2.24) is 0 Å². The number of methoxy groups -OCH3 is 1. The maximum Gasteiger partial charge on any atom is 0.224 e. The van der Waals surface area contributed by atoms with Crippen molar-refractivity contribution in [2.75, 3.05) is 12.4 Å². The Morgan fingerprint density at radius 1 is 1.14 bits per heavy atom. The molecule has 0 aromatic heterocycles. The molecule has 0 bridgehead atoms. The van der Waals surface area contributed by atoms with Gasteiger partial charge in [-0.05, 0) is 48.7 Å². The summed E-state index contributed by atoms with van der Waals surface area (Å²) >= 11 is 0. The van der Waals surface area contributed by atoms with Crippen LogP contribution in [0.3, 0.4) is 0 Å². The first-order chi connectivity index (χ1) is 10.5. The van der Waals surface area contributed by atoms with Crippen LogP contribution in [0.5, 0.6) is 5.75 Å². The van der Waals surface area contributed by atoms with Crippen LogP contribution in [0.2, 0.25) is 0 Å². The van der Waals surface area contributed by atoms with Crippen LogP contribution in [-0.4, -0.2) is 13.0 Å². The molecule has 0 heterocycles. The number of nitrogens with one attached hydrogen (secondary N) is 1. The van der Waals surface area contributed by atoms with Gasteiger partial charge in [0.1, 0.15) is 5.82 Å². The lowest BCUT2D eigenvalue weighted by Gasteiger charge is -2.07. The van der Waals surface area contributed by atoms with E-state index in [0.29, 0.717) is 23.2 Å². The fourth-order valence-corrected chi connectivity index (χ4v) is 2.02. The van der Waals surface area contributed by atoms with E-state index in [-0.39, 0.29) is 23.9 Å². The molecule has 0 spiro atoms. The van der Waals surface area contributed by atoms with Gasteiger partial charge in [-0.3, -0.25) is 4.79 Å². The first-order valence-electron chi connectivity index (χ1n) is 6.88. The summed E-state index contributed by atoms with van der Waals surface area (Å²) in [6, 6.07) is 9.10. The monoisotopic (exact) mass is 305 g/mol. The number of ether oxygens (including phenoxy) is 1. The fourth-order valence-electron chi connectivity index (χ4n) is 2.02. The van der Waals surface area contributed by atoms with E-state index in [1.54, 1.807) is 25.1 Å². The summed E-state index contributed by atoms with van der Waals surface area (Å²) in [4.78, 5) is 11.8. The van der Waals surface area contributed by atoms with Crippen molar-refractivity contribution in [3.8, 4) is 5.75 Å². The maximum absolute atomic E-state index is 13.5. The average molecular weight is 305 g/mol. The summed E-state index contributed by atoms with van der Waals surface area (Å²) in [6.07, 6.45) is 0.572. The van der Waals surface area contributed by atoms with Gasteiger partial charge in [0.2, 0.25) is 5.91 Å². The first kappa shape index (κ1) is 15.9. The van der Waals surface area contributed by atoms with E-state index in [2.05, 4.69) is 5.32 Å². The number of halogens is 2. The third-order valence-electron chi connectivity index (χ3n) is 3.31. The quantitative estimate of drug-likeness (QED) is 0.911. The van der Waals surface area contributed by atoms with Crippen molar-refractivity contribution in [3.63, 3.8) is 0 Å². The van der Waals surface area contributed by atoms with E-state index in [1.807, 2.05) is 0 Å². The second-order valence-corrected chi connectivity index (χ2v) is 4.98. The minimum absolute atomic E-state index is 0.170. The summed E-state index contributed by atoms with van der Waals surface area (Å²) in [6.45, 7) is 1.65. The highest BCUT2D eigenvalue weighted by molar-refractivity contribution is 5.90. The second kappa shape index (κ2) is 7.02. The van der Waals surface area contributed by atoms with Crippen molar-refractivity contribution in [2.45, 2.75) is 19.8 Å². The number of anilines is 1. The molecule has 0 radical (unpaired) electrons. The second-order valence-electron chi connectivity index (χ2n) is 4.98. The molecule has 0 fully saturated rings. The van der Waals surface area contributed by atoms with E-state index >= 15 is 0 Å². The molecule has 0 saturated heterocycles. The molecule has 2 aromatic carbocycles. The Hall–Kier alpha value is -2.43. The van der Waals surface area contributed by atoms with Crippen LogP contribution >= 0.6 is 0 Å². The molecule has 0 aliphatic heterocycles. The average Bonchev–Trinajstić information content (AvgIpc) is 2.49. The summed E-state index contributed by atoms with van der Waals surface area (Å²) in [7, 11) is 1.40. The number of carbonyl (C=O) groups excluding carboxylic acids is 1. The van der Waals surface area contributed by atoms with Gasteiger partial charge in [-0.1, -0.05) is 12.1 Å². The molecule has 1 N–H and O–H groups in total. The number of hydrogen-bond donors (Lipinski definition) is 1. The van der Waals surface area contributed by atoms with Gasteiger partial charge in [-0.25, -0.2) is 8.78 Å². The molecule has 0 atom stereocenters. The Labute approximate surface area is 127 Å². The number of carbonyl (C=O) groups is 1. The van der Waals surface area contributed by atoms with Gasteiger partial charge < -0.3 is 10.1 Å². The zero-order valence-corrected chi connectivity index (χ0v) is 12.5. The zero-order valence-electron chi connectivity index (χ0n) is 12.5. The van der Waals surface area contributed by atoms with Crippen LogP contribution in [-0.2, 0) is 11.2 Å². The molecular weight excluding hydrogens is 288 g/mol. The van der Waals surface area contributed by atoms with E-state index in [9.17, 15) is 13.6 Å². The Morgan fingerprint density at radius 2 is 1.91 bits per heavy atom. The van der Waals surface area contributed by atoms with E-state index in [0.717, 1.165) is 0 Å². The molecule has 0 unspecified atom stereocenters. The molecular formula is C17H17F2NO2. The lowest BCUT2D eigenvalue weighted by molar-refractivity contribution is -0.116. The molecule has 0 aliphatic carbocycles. The summed E-state index contributed by atoms with van der Waals surface area (Å²) < 4.78 is 31.8. The van der Waals surface area contributed by atoms with Crippen molar-refractivity contribution >= 4 is 11.6 Å². The van der Waals surface area contributed by atoms with Crippen LogP contribution in [0.25, 0.3) is 0 Å². The van der Waals surface area contributed by atoms with Gasteiger partial charge in [0, 0.05) is 12.1 Å². The molecule has 22 heavy (non-hydrogen) atoms. The Morgan fingerprint density at radius 3 is 2.55 bits per heavy atom. The largest absolute Gasteiger partial charge is 0.494 e. The predicted octanol–water partition coefficient (Wildman–Crippen LogP) is 3.85. The number of amides is 1. The summed E-state index contributed by atoms with van der Waals surface area (Å²) in [5, 5.41) is 2.62. The van der Waals surface area contributed by atoms with Gasteiger partial charge in [0.05, 0.1) is 7.11 Å². The molecule has 116 valence electrons. The predicted molar refractivity (Wildman–Crippen MR) is 81.0 cm³/mol. The molecule has 1 amide bonds. The Bertz CT molecular complexity index is 686. The Kier molecular flexibility index (Phi) is 5.09. The van der Waals surface area contributed by atoms with Crippen LogP contribution in [0.1, 0.15) is 17.5 Å². The van der Waals surface area contributed by atoms with Gasteiger partial charge in [-0.2, -0.15) is 0 Å². The molecule has 2 rings (SSSR count). The lowest BCUT2D eigenvalue weighted by Crippen LogP contribution is -2.12. The van der Waals surface area contributed by atoms with E-state index in [1.165, 1.54) is 25.3 Å². The van der Waals surface area contributed by atoms with Crippen molar-refractivity contribution in [2.24, 2.45) is 0 Å². The molecule has 3 nitrogen and oxygen atoms in total. The topological polar surface area (TPSA) is 38.3 Å². The number of rotatable bonds is 5. The first-order valence-corrected chi connectivity index (χ1v) is 6.88. The number of hydrogen-bond acceptors (Lipinski definition) is 2. The van der Waals surface area contributed by atoms with E-state index in [4.69, 9.17) is 4.74 Å². The summed E-state index contributed by atoms with van der Waals surface area (Å²) in [5.41, 5.74) is 1.63. The minimum Gasteiger partial charge on any atom is -0.494 e. The third-order valence-corrected chi connectivity index (χ3v) is 3.31. The van der Waals surface area contributed by atoms with Gasteiger partial charge in [-0.15, -0.1) is 0 Å². The van der Waals surface area contributed by atoms with Crippen LogP contribution < -0.4 is 10.1 Å². The highest BCUT2D eigenvalue weighted by atomic mass is 19.1. The lowest BCUT2D eigenvalue weighted by atomic mass is 10.1. The third kappa shape index (κ3) is 4.04. The molecule has 2 aromatic rings. The normalized spacial score (nSPS) is 10.4. The molecule has 5 heteroatoms. The number of benzene rings is 2. The standard InChI is InChI=1S/C17H17F2NO2/c1-11-3-6-13(10-14(11)18)20-17(21)8-5-12-4-7-16(22-2)15(19)9-12/h3-4,6-7,9-10H,5,8H2,1-2H3,(H,20,21). The minimum atomic E-state index is -0.457. The van der Waals surface area contributed by atoms with Crippen molar-refractivity contribution in [1.29, 1.82) is 0 Å². The SMILES string of the molecule is COc1ccc(CCC(=O)Nc2ccc(C)c(F)c2)cc1F. The molecule has 0 aliphatic rings. The van der Waals surface area contributed by atoms with E-state index < -0.39 is 5.82 Å². The zero-order chi connectivity index (χ0) is 16.1. The van der Waals surface area contributed by atoms with Gasteiger partial charge in [0.25, 0.3) is 0 Å². The molecule has 0 saturated carbocycles. The van der Waals surface area contributed by atoms with Gasteiger partial charge >= 0.3 is 0 Å².